The zero-order chi connectivity index (χ0) is 14.6. The van der Waals surface area contributed by atoms with Crippen molar-refractivity contribution in [2.24, 2.45) is 40.9 Å². The van der Waals surface area contributed by atoms with Gasteiger partial charge in [0.05, 0.1) is 0 Å². The van der Waals surface area contributed by atoms with Gasteiger partial charge in [0, 0.05) is 5.92 Å². The number of carbonyl (C=O) groups excluding carboxylic acids is 1. The Morgan fingerprint density at radius 2 is 1.62 bits per heavy atom. The van der Waals surface area contributed by atoms with Gasteiger partial charge in [-0.25, -0.2) is 0 Å². The van der Waals surface area contributed by atoms with Crippen LogP contribution in [-0.4, -0.2) is 5.78 Å². The van der Waals surface area contributed by atoms with Gasteiger partial charge in [0.1, 0.15) is 5.78 Å². The van der Waals surface area contributed by atoms with E-state index in [1.807, 2.05) is 6.92 Å². The minimum atomic E-state index is 0.424. The molecular weight excluding hydrogens is 256 g/mol. The Bertz CT molecular complexity index is 428. The normalized spacial score (nSPS) is 52.7. The van der Waals surface area contributed by atoms with E-state index in [1.54, 1.807) is 0 Å². The van der Waals surface area contributed by atoms with E-state index in [9.17, 15) is 4.79 Å². The van der Waals surface area contributed by atoms with Crippen LogP contribution in [0.15, 0.2) is 0 Å². The third kappa shape index (κ3) is 2.05. The van der Waals surface area contributed by atoms with Crippen molar-refractivity contribution in [2.75, 3.05) is 0 Å². The first-order valence-electron chi connectivity index (χ1n) is 9.61. The third-order valence-electron chi connectivity index (χ3n) is 8.42. The van der Waals surface area contributed by atoms with Gasteiger partial charge in [0.15, 0.2) is 0 Å². The van der Waals surface area contributed by atoms with Crippen LogP contribution >= 0.6 is 0 Å². The highest BCUT2D eigenvalue weighted by molar-refractivity contribution is 5.79. The van der Waals surface area contributed by atoms with Crippen LogP contribution in [0.1, 0.15) is 78.1 Å². The summed E-state index contributed by atoms with van der Waals surface area (Å²) in [7, 11) is 0. The lowest BCUT2D eigenvalue weighted by atomic mass is 9.47. The summed E-state index contributed by atoms with van der Waals surface area (Å²) in [6.07, 6.45) is 14.3. The number of hydrogen-bond acceptors (Lipinski definition) is 1. The molecule has 0 bridgehead atoms. The zero-order valence-corrected chi connectivity index (χ0v) is 13.9. The van der Waals surface area contributed by atoms with Gasteiger partial charge in [-0.05, 0) is 93.3 Å². The number of carbonyl (C=O) groups is 1. The van der Waals surface area contributed by atoms with Crippen molar-refractivity contribution in [3.8, 4) is 0 Å². The maximum absolute atomic E-state index is 12.0. The Morgan fingerprint density at radius 1 is 0.857 bits per heavy atom. The van der Waals surface area contributed by atoms with Gasteiger partial charge < -0.3 is 0 Å². The molecular formula is C20H32O. The molecule has 7 atom stereocenters. The van der Waals surface area contributed by atoms with Gasteiger partial charge in [-0.15, -0.1) is 0 Å². The van der Waals surface area contributed by atoms with Gasteiger partial charge in [-0.1, -0.05) is 19.8 Å². The number of Topliss-reactive ketones (excluding diaryl/α,β-unsaturated/α-hetero) is 1. The number of rotatable bonds is 1. The molecule has 0 amide bonds. The lowest BCUT2D eigenvalue weighted by Crippen LogP contribution is -2.50. The molecule has 4 rings (SSSR count). The third-order valence-corrected chi connectivity index (χ3v) is 8.42. The molecule has 0 saturated heterocycles. The number of ketones is 1. The summed E-state index contributed by atoms with van der Waals surface area (Å²) in [5.41, 5.74) is 0.653. The van der Waals surface area contributed by atoms with Gasteiger partial charge in [-0.2, -0.15) is 0 Å². The van der Waals surface area contributed by atoms with Crippen molar-refractivity contribution in [1.82, 2.24) is 0 Å². The van der Waals surface area contributed by atoms with Crippen LogP contribution in [0.3, 0.4) is 0 Å². The van der Waals surface area contributed by atoms with Crippen LogP contribution in [0, 0.1) is 40.9 Å². The highest BCUT2D eigenvalue weighted by Gasteiger charge is 2.55. The summed E-state index contributed by atoms with van der Waals surface area (Å²) in [6, 6.07) is 0. The summed E-state index contributed by atoms with van der Waals surface area (Å²) in [4.78, 5) is 12.0. The van der Waals surface area contributed by atoms with Gasteiger partial charge in [0.25, 0.3) is 0 Å². The van der Waals surface area contributed by atoms with Crippen molar-refractivity contribution in [3.63, 3.8) is 0 Å². The van der Waals surface area contributed by atoms with E-state index in [0.717, 1.165) is 29.6 Å². The van der Waals surface area contributed by atoms with E-state index in [2.05, 4.69) is 6.92 Å². The molecule has 1 heteroatoms. The fourth-order valence-corrected chi connectivity index (χ4v) is 7.45. The van der Waals surface area contributed by atoms with Crippen molar-refractivity contribution in [3.05, 3.63) is 0 Å². The van der Waals surface area contributed by atoms with E-state index in [0.29, 0.717) is 17.1 Å². The smallest absolute Gasteiger partial charge is 0.133 e. The first kappa shape index (κ1) is 14.3. The second kappa shape index (κ2) is 5.10. The molecule has 0 aromatic heterocycles. The average molecular weight is 288 g/mol. The van der Waals surface area contributed by atoms with E-state index < -0.39 is 0 Å². The van der Waals surface area contributed by atoms with Crippen LogP contribution < -0.4 is 0 Å². The fourth-order valence-electron chi connectivity index (χ4n) is 7.45. The molecule has 0 N–H and O–H groups in total. The maximum atomic E-state index is 12.0. The van der Waals surface area contributed by atoms with Crippen molar-refractivity contribution >= 4 is 5.78 Å². The number of fused-ring (bicyclic) bond motifs is 5. The summed E-state index contributed by atoms with van der Waals surface area (Å²) in [5.74, 6) is 5.54. The first-order chi connectivity index (χ1) is 10.1. The molecule has 0 aromatic rings. The van der Waals surface area contributed by atoms with Crippen LogP contribution in [0.4, 0.5) is 0 Å². The van der Waals surface area contributed by atoms with Gasteiger partial charge in [0.2, 0.25) is 0 Å². The van der Waals surface area contributed by atoms with E-state index >= 15 is 0 Å². The van der Waals surface area contributed by atoms with Crippen molar-refractivity contribution in [1.29, 1.82) is 0 Å². The predicted octanol–water partition coefficient (Wildman–Crippen LogP) is 5.23. The van der Waals surface area contributed by atoms with E-state index in [4.69, 9.17) is 0 Å². The Hall–Kier alpha value is -0.330. The van der Waals surface area contributed by atoms with Crippen LogP contribution in [-0.2, 0) is 4.79 Å². The SMILES string of the molecule is CC(=O)C1CCC2C1CCC1C2CCC2CCCCC21C. The Balaban J connectivity index is 1.58. The molecule has 7 unspecified atom stereocenters. The van der Waals surface area contributed by atoms with Crippen LogP contribution in [0.5, 0.6) is 0 Å². The maximum Gasteiger partial charge on any atom is 0.133 e. The molecule has 1 nitrogen and oxygen atoms in total. The summed E-state index contributed by atoms with van der Waals surface area (Å²) in [6.45, 7) is 4.49. The average Bonchev–Trinajstić information content (AvgIpc) is 2.90. The second-order valence-corrected chi connectivity index (χ2v) is 9.00. The molecule has 0 heterocycles. The molecule has 4 saturated carbocycles. The highest BCUT2D eigenvalue weighted by Crippen LogP contribution is 2.63. The lowest BCUT2D eigenvalue weighted by Gasteiger charge is -2.58. The van der Waals surface area contributed by atoms with Crippen molar-refractivity contribution in [2.45, 2.75) is 78.1 Å². The zero-order valence-electron chi connectivity index (χ0n) is 13.9. The Labute approximate surface area is 130 Å². The molecule has 21 heavy (non-hydrogen) atoms. The molecule has 0 aromatic carbocycles. The minimum Gasteiger partial charge on any atom is -0.300 e. The van der Waals surface area contributed by atoms with Gasteiger partial charge in [-0.3, -0.25) is 4.79 Å². The quantitative estimate of drug-likeness (QED) is 0.645. The molecule has 4 aliphatic rings. The molecule has 0 radical (unpaired) electrons. The molecule has 118 valence electrons. The predicted molar refractivity (Wildman–Crippen MR) is 85.9 cm³/mol. The van der Waals surface area contributed by atoms with Gasteiger partial charge >= 0.3 is 0 Å². The molecule has 0 spiro atoms. The molecule has 0 aliphatic heterocycles. The van der Waals surface area contributed by atoms with Crippen LogP contribution in [0.2, 0.25) is 0 Å². The second-order valence-electron chi connectivity index (χ2n) is 9.00. The largest absolute Gasteiger partial charge is 0.300 e. The van der Waals surface area contributed by atoms with Crippen LogP contribution in [0.25, 0.3) is 0 Å². The highest BCUT2D eigenvalue weighted by atomic mass is 16.1. The van der Waals surface area contributed by atoms with Crippen molar-refractivity contribution < 1.29 is 4.79 Å². The first-order valence-corrected chi connectivity index (χ1v) is 9.61. The minimum absolute atomic E-state index is 0.424. The Kier molecular flexibility index (Phi) is 3.47. The summed E-state index contributed by atoms with van der Waals surface area (Å²) in [5, 5.41) is 0. The molecule has 4 aliphatic carbocycles. The lowest BCUT2D eigenvalue weighted by molar-refractivity contribution is -0.124. The van der Waals surface area contributed by atoms with E-state index in [-0.39, 0.29) is 0 Å². The summed E-state index contributed by atoms with van der Waals surface area (Å²) < 4.78 is 0. The summed E-state index contributed by atoms with van der Waals surface area (Å²) >= 11 is 0. The Morgan fingerprint density at radius 3 is 2.43 bits per heavy atom. The monoisotopic (exact) mass is 288 g/mol. The molecule has 4 fully saturated rings. The van der Waals surface area contributed by atoms with E-state index in [1.165, 1.54) is 64.2 Å². The fraction of sp³-hybridized carbons (Fsp3) is 0.950. The number of hydrogen-bond donors (Lipinski definition) is 0. The standard InChI is InChI=1S/C20H32O/c1-13(21)15-8-9-17-16(15)10-11-19-18(17)7-6-14-5-3-4-12-20(14,19)2/h14-19H,3-12H2,1-2H3. The topological polar surface area (TPSA) is 17.1 Å².